The lowest BCUT2D eigenvalue weighted by Gasteiger charge is -2.23. The summed E-state index contributed by atoms with van der Waals surface area (Å²) in [5.41, 5.74) is 2.21. The number of carbonyl (C=O) groups excluding carboxylic acids is 2. The molecule has 24 heavy (non-hydrogen) atoms. The number of allylic oxidation sites excluding steroid dienone is 1. The highest BCUT2D eigenvalue weighted by molar-refractivity contribution is 5.89. The SMILES string of the molecule is CC(=O)N(CCNC(=O)Nc1ccccc1)CCC1=CCCCC1. The molecule has 0 aromatic heterocycles. The normalized spacial score (nSPS) is 13.8. The Morgan fingerprint density at radius 3 is 2.58 bits per heavy atom. The Morgan fingerprint density at radius 1 is 1.12 bits per heavy atom. The molecule has 0 bridgehead atoms. The number of anilines is 1. The van der Waals surface area contributed by atoms with Crippen molar-refractivity contribution >= 4 is 17.6 Å². The van der Waals surface area contributed by atoms with Crippen LogP contribution >= 0.6 is 0 Å². The maximum atomic E-state index is 11.8. The van der Waals surface area contributed by atoms with E-state index in [-0.39, 0.29) is 11.9 Å². The van der Waals surface area contributed by atoms with Gasteiger partial charge in [-0.05, 0) is 44.2 Å². The molecule has 1 aromatic rings. The molecular weight excluding hydrogens is 302 g/mol. The Balaban J connectivity index is 1.70. The van der Waals surface area contributed by atoms with Crippen molar-refractivity contribution in [3.63, 3.8) is 0 Å². The number of rotatable bonds is 7. The van der Waals surface area contributed by atoms with Crippen LogP contribution in [0, 0.1) is 0 Å². The molecule has 0 fully saturated rings. The van der Waals surface area contributed by atoms with Crippen LogP contribution in [0.25, 0.3) is 0 Å². The van der Waals surface area contributed by atoms with Crippen molar-refractivity contribution in [1.82, 2.24) is 10.2 Å². The van der Waals surface area contributed by atoms with Crippen LogP contribution in [0.3, 0.4) is 0 Å². The number of nitrogens with zero attached hydrogens (tertiary/aromatic N) is 1. The molecule has 1 aromatic carbocycles. The van der Waals surface area contributed by atoms with Gasteiger partial charge in [-0.2, -0.15) is 0 Å². The van der Waals surface area contributed by atoms with Gasteiger partial charge < -0.3 is 15.5 Å². The highest BCUT2D eigenvalue weighted by atomic mass is 16.2. The lowest BCUT2D eigenvalue weighted by atomic mass is 9.97. The van der Waals surface area contributed by atoms with Gasteiger partial charge in [0.25, 0.3) is 0 Å². The standard InChI is InChI=1S/C19H27N3O2/c1-16(23)22(14-12-17-8-4-2-5-9-17)15-13-20-19(24)21-18-10-6-3-7-11-18/h3,6-8,10-11H,2,4-5,9,12-15H2,1H3,(H2,20,21,24). The molecule has 0 saturated heterocycles. The number of nitrogens with one attached hydrogen (secondary N) is 2. The molecule has 130 valence electrons. The fraction of sp³-hybridized carbons (Fsp3) is 0.474. The second kappa shape index (κ2) is 9.75. The molecule has 2 N–H and O–H groups in total. The predicted molar refractivity (Wildman–Crippen MR) is 96.9 cm³/mol. The van der Waals surface area contributed by atoms with Crippen molar-refractivity contribution in [3.05, 3.63) is 42.0 Å². The molecular formula is C19H27N3O2. The van der Waals surface area contributed by atoms with Crippen molar-refractivity contribution in [2.24, 2.45) is 0 Å². The van der Waals surface area contributed by atoms with Crippen LogP contribution < -0.4 is 10.6 Å². The zero-order valence-electron chi connectivity index (χ0n) is 14.4. The first-order valence-electron chi connectivity index (χ1n) is 8.68. The van der Waals surface area contributed by atoms with Gasteiger partial charge in [-0.25, -0.2) is 4.79 Å². The van der Waals surface area contributed by atoms with E-state index >= 15 is 0 Å². The van der Waals surface area contributed by atoms with Crippen LogP contribution in [0.5, 0.6) is 0 Å². The predicted octanol–water partition coefficient (Wildman–Crippen LogP) is 3.55. The van der Waals surface area contributed by atoms with Gasteiger partial charge in [-0.15, -0.1) is 0 Å². The minimum Gasteiger partial charge on any atom is -0.341 e. The highest BCUT2D eigenvalue weighted by Gasteiger charge is 2.11. The number of urea groups is 1. The summed E-state index contributed by atoms with van der Waals surface area (Å²) in [4.78, 5) is 25.4. The Hall–Kier alpha value is -2.30. The van der Waals surface area contributed by atoms with E-state index in [1.165, 1.54) is 18.4 Å². The number of hydrogen-bond acceptors (Lipinski definition) is 2. The topological polar surface area (TPSA) is 61.4 Å². The Morgan fingerprint density at radius 2 is 1.92 bits per heavy atom. The van der Waals surface area contributed by atoms with Crippen molar-refractivity contribution in [2.45, 2.75) is 39.0 Å². The van der Waals surface area contributed by atoms with E-state index in [2.05, 4.69) is 16.7 Å². The maximum Gasteiger partial charge on any atom is 0.319 e. The molecule has 0 heterocycles. The Labute approximate surface area is 144 Å². The summed E-state index contributed by atoms with van der Waals surface area (Å²) in [6, 6.07) is 9.05. The fourth-order valence-electron chi connectivity index (χ4n) is 2.84. The van der Waals surface area contributed by atoms with E-state index in [1.807, 2.05) is 30.3 Å². The molecule has 0 aliphatic heterocycles. The fourth-order valence-corrected chi connectivity index (χ4v) is 2.84. The van der Waals surface area contributed by atoms with Gasteiger partial charge in [0.15, 0.2) is 0 Å². The van der Waals surface area contributed by atoms with Gasteiger partial charge >= 0.3 is 6.03 Å². The van der Waals surface area contributed by atoms with Gasteiger partial charge in [-0.1, -0.05) is 29.8 Å². The van der Waals surface area contributed by atoms with Crippen LogP contribution in [-0.2, 0) is 4.79 Å². The highest BCUT2D eigenvalue weighted by Crippen LogP contribution is 2.20. The van der Waals surface area contributed by atoms with Gasteiger partial charge in [0.05, 0.1) is 0 Å². The molecule has 1 aliphatic carbocycles. The average Bonchev–Trinajstić information content (AvgIpc) is 2.59. The molecule has 0 atom stereocenters. The first-order valence-corrected chi connectivity index (χ1v) is 8.68. The number of carbonyl (C=O) groups is 2. The van der Waals surface area contributed by atoms with Crippen LogP contribution in [0.4, 0.5) is 10.5 Å². The molecule has 0 spiro atoms. The van der Waals surface area contributed by atoms with Crippen molar-refractivity contribution in [3.8, 4) is 0 Å². The van der Waals surface area contributed by atoms with E-state index < -0.39 is 0 Å². The van der Waals surface area contributed by atoms with Gasteiger partial charge in [0.1, 0.15) is 0 Å². The number of amides is 3. The number of hydrogen-bond donors (Lipinski definition) is 2. The van der Waals surface area contributed by atoms with E-state index in [0.29, 0.717) is 13.1 Å². The molecule has 0 saturated carbocycles. The van der Waals surface area contributed by atoms with E-state index in [0.717, 1.165) is 31.5 Å². The lowest BCUT2D eigenvalue weighted by Crippen LogP contribution is -2.39. The molecule has 3 amide bonds. The van der Waals surface area contributed by atoms with Crippen LogP contribution in [-0.4, -0.2) is 36.5 Å². The van der Waals surface area contributed by atoms with Crippen molar-refractivity contribution in [2.75, 3.05) is 25.0 Å². The maximum absolute atomic E-state index is 11.8. The quantitative estimate of drug-likeness (QED) is 0.752. The second-order valence-electron chi connectivity index (χ2n) is 6.11. The first kappa shape index (κ1) is 18.0. The zero-order valence-corrected chi connectivity index (χ0v) is 14.4. The van der Waals surface area contributed by atoms with E-state index in [9.17, 15) is 9.59 Å². The largest absolute Gasteiger partial charge is 0.341 e. The molecule has 0 unspecified atom stereocenters. The molecule has 5 nitrogen and oxygen atoms in total. The third-order valence-electron chi connectivity index (χ3n) is 4.23. The lowest BCUT2D eigenvalue weighted by molar-refractivity contribution is -0.128. The minimum absolute atomic E-state index is 0.0525. The summed E-state index contributed by atoms with van der Waals surface area (Å²) in [6.07, 6.45) is 8.11. The average molecular weight is 329 g/mol. The van der Waals surface area contributed by atoms with Crippen LogP contribution in [0.2, 0.25) is 0 Å². The smallest absolute Gasteiger partial charge is 0.319 e. The van der Waals surface area contributed by atoms with Gasteiger partial charge in [-0.3, -0.25) is 4.79 Å². The Kier molecular flexibility index (Phi) is 7.33. The number of benzene rings is 1. The summed E-state index contributed by atoms with van der Waals surface area (Å²) < 4.78 is 0. The summed E-state index contributed by atoms with van der Waals surface area (Å²) in [5, 5.41) is 5.56. The monoisotopic (exact) mass is 329 g/mol. The van der Waals surface area contributed by atoms with Crippen molar-refractivity contribution < 1.29 is 9.59 Å². The van der Waals surface area contributed by atoms with Gasteiger partial charge in [0, 0.05) is 32.2 Å². The molecule has 5 heteroatoms. The first-order chi connectivity index (χ1) is 11.6. The van der Waals surface area contributed by atoms with E-state index in [4.69, 9.17) is 0 Å². The minimum atomic E-state index is -0.250. The Bertz CT molecular complexity index is 569. The van der Waals surface area contributed by atoms with Crippen LogP contribution in [0.15, 0.2) is 42.0 Å². The number of para-hydroxylation sites is 1. The van der Waals surface area contributed by atoms with E-state index in [1.54, 1.807) is 11.8 Å². The summed E-state index contributed by atoms with van der Waals surface area (Å²) in [7, 11) is 0. The third kappa shape index (κ3) is 6.44. The molecule has 2 rings (SSSR count). The summed E-state index contributed by atoms with van der Waals surface area (Å²) >= 11 is 0. The van der Waals surface area contributed by atoms with Crippen LogP contribution in [0.1, 0.15) is 39.0 Å². The summed E-state index contributed by atoms with van der Waals surface area (Å²) in [5.74, 6) is 0.0525. The molecule has 0 radical (unpaired) electrons. The third-order valence-corrected chi connectivity index (χ3v) is 4.23. The summed E-state index contributed by atoms with van der Waals surface area (Å²) in [6.45, 7) is 3.28. The second-order valence-corrected chi connectivity index (χ2v) is 6.11. The van der Waals surface area contributed by atoms with Crippen molar-refractivity contribution in [1.29, 1.82) is 0 Å². The molecule has 1 aliphatic rings. The van der Waals surface area contributed by atoms with Gasteiger partial charge in [0.2, 0.25) is 5.91 Å². The zero-order chi connectivity index (χ0) is 17.2.